The molecule has 10 nitrogen and oxygen atoms in total. The van der Waals surface area contributed by atoms with Crippen molar-refractivity contribution in [3.05, 3.63) is 0 Å². The summed E-state index contributed by atoms with van der Waals surface area (Å²) < 4.78 is 0. The van der Waals surface area contributed by atoms with Gasteiger partial charge in [-0.3, -0.25) is 0 Å². The van der Waals surface area contributed by atoms with Gasteiger partial charge in [-0.05, 0) is 0 Å². The van der Waals surface area contributed by atoms with Crippen LogP contribution >= 0.6 is 0 Å². The van der Waals surface area contributed by atoms with Crippen molar-refractivity contribution in [1.82, 2.24) is 0 Å². The molecule has 0 radical (unpaired) electrons. The van der Waals surface area contributed by atoms with Crippen molar-refractivity contribution in [1.29, 1.82) is 0 Å². The zero-order valence-corrected chi connectivity index (χ0v) is 10.8. The highest BCUT2D eigenvalue weighted by Crippen LogP contribution is 1.98. The molecule has 0 bridgehead atoms. The molecule has 0 amide bonds. The molecule has 0 aromatic heterocycles. The number of aliphatic hydroxyl groups excluding tert-OH is 10. The second kappa shape index (κ2) is 12.3. The molecule has 0 rings (SSSR count). The van der Waals surface area contributed by atoms with Crippen molar-refractivity contribution >= 4 is 0 Å². The Morgan fingerprint density at radius 2 is 0.550 bits per heavy atom. The van der Waals surface area contributed by atoms with E-state index in [9.17, 15) is 0 Å². The Morgan fingerprint density at radius 3 is 0.650 bits per heavy atom. The molecule has 0 heterocycles. The van der Waals surface area contributed by atoms with Crippen LogP contribution < -0.4 is 0 Å². The van der Waals surface area contributed by atoms with E-state index in [4.69, 9.17) is 51.1 Å². The lowest BCUT2D eigenvalue weighted by Crippen LogP contribution is -2.41. The normalized spacial score (nSPS) is 20.1. The van der Waals surface area contributed by atoms with Crippen molar-refractivity contribution < 1.29 is 51.1 Å². The van der Waals surface area contributed by atoms with Gasteiger partial charge in [0.2, 0.25) is 0 Å². The van der Waals surface area contributed by atoms with Gasteiger partial charge in [-0.2, -0.15) is 0 Å². The van der Waals surface area contributed by atoms with Crippen LogP contribution in [0.3, 0.4) is 0 Å². The molecule has 0 saturated heterocycles. The van der Waals surface area contributed by atoms with Crippen LogP contribution in [0.2, 0.25) is 0 Å². The fourth-order valence-electron chi connectivity index (χ4n) is 0.945. The van der Waals surface area contributed by atoms with E-state index in [0.717, 1.165) is 0 Å². The first-order valence-electron chi connectivity index (χ1n) is 5.78. The van der Waals surface area contributed by atoms with Gasteiger partial charge in [0.15, 0.2) is 0 Å². The third-order valence-electron chi connectivity index (χ3n) is 2.33. The van der Waals surface area contributed by atoms with Crippen molar-refractivity contribution in [2.24, 2.45) is 0 Å². The maximum atomic E-state index is 8.77. The summed E-state index contributed by atoms with van der Waals surface area (Å²) in [7, 11) is 0. The standard InChI is InChI=1S/2C5H12O5/c2*6-1-3(8)5(10)4(9)2-7/h2*3-10H,1-2H2/t2*3-,4+,5?. The lowest BCUT2D eigenvalue weighted by Gasteiger charge is -2.19. The highest BCUT2D eigenvalue weighted by molar-refractivity contribution is 4.73. The maximum Gasteiger partial charge on any atom is 0.110 e. The Hall–Kier alpha value is -0.400. The molecule has 0 saturated carbocycles. The van der Waals surface area contributed by atoms with Crippen LogP contribution in [-0.4, -0.2) is 114 Å². The molecule has 10 N–H and O–H groups in total. The molecule has 0 aromatic carbocycles. The van der Waals surface area contributed by atoms with E-state index in [2.05, 4.69) is 0 Å². The number of aliphatic hydroxyl groups is 10. The minimum absolute atomic E-state index is 0.641. The molecule has 0 spiro atoms. The predicted octanol–water partition coefficient (Wildman–Crippen LogP) is -5.89. The van der Waals surface area contributed by atoms with Gasteiger partial charge < -0.3 is 51.1 Å². The average molecular weight is 304 g/mol. The fourth-order valence-corrected chi connectivity index (χ4v) is 0.945. The van der Waals surface area contributed by atoms with Gasteiger partial charge in [-0.25, -0.2) is 0 Å². The molecular formula is C10H24O10. The molecule has 0 aliphatic rings. The Kier molecular flexibility index (Phi) is 13.5. The number of hydrogen-bond acceptors (Lipinski definition) is 10. The minimum Gasteiger partial charge on any atom is -0.394 e. The summed E-state index contributed by atoms with van der Waals surface area (Å²) in [5.41, 5.74) is 0. The Bertz CT molecular complexity index is 174. The van der Waals surface area contributed by atoms with E-state index < -0.39 is 63.1 Å². The second-order valence-electron chi connectivity index (χ2n) is 3.98. The molecule has 0 aliphatic carbocycles. The Labute approximate surface area is 115 Å². The minimum atomic E-state index is -1.49. The summed E-state index contributed by atoms with van der Waals surface area (Å²) in [4.78, 5) is 0. The zero-order valence-electron chi connectivity index (χ0n) is 10.8. The van der Waals surface area contributed by atoms with E-state index >= 15 is 0 Å². The molecular weight excluding hydrogens is 280 g/mol. The first kappa shape index (κ1) is 21.9. The summed E-state index contributed by atoms with van der Waals surface area (Å²) in [5, 5.41) is 85.1. The van der Waals surface area contributed by atoms with Crippen LogP contribution in [0.5, 0.6) is 0 Å². The average Bonchev–Trinajstić information content (AvgIpc) is 2.50. The van der Waals surface area contributed by atoms with Crippen LogP contribution in [0.15, 0.2) is 0 Å². The largest absolute Gasteiger partial charge is 0.394 e. The lowest BCUT2D eigenvalue weighted by molar-refractivity contribution is -0.0900. The summed E-state index contributed by atoms with van der Waals surface area (Å²) in [6, 6.07) is 0. The number of rotatable bonds is 8. The SMILES string of the molecule is OC[C@@H](O)C(O)[C@@H](O)CO.OC[C@@H](O)C(O)[C@@H](O)CO. The van der Waals surface area contributed by atoms with Crippen LogP contribution in [0.25, 0.3) is 0 Å². The number of hydrogen-bond donors (Lipinski definition) is 10. The Morgan fingerprint density at radius 1 is 0.400 bits per heavy atom. The first-order chi connectivity index (χ1) is 9.26. The molecule has 10 heteroatoms. The van der Waals surface area contributed by atoms with Gasteiger partial charge in [0.1, 0.15) is 36.6 Å². The van der Waals surface area contributed by atoms with Crippen LogP contribution in [0.4, 0.5) is 0 Å². The second-order valence-corrected chi connectivity index (χ2v) is 3.98. The van der Waals surface area contributed by atoms with Gasteiger partial charge >= 0.3 is 0 Å². The molecule has 2 unspecified atom stereocenters. The van der Waals surface area contributed by atoms with Gasteiger partial charge in [-0.15, -0.1) is 0 Å². The van der Waals surface area contributed by atoms with E-state index in [1.165, 1.54) is 0 Å². The highest BCUT2D eigenvalue weighted by Gasteiger charge is 2.23. The van der Waals surface area contributed by atoms with Gasteiger partial charge in [-0.1, -0.05) is 0 Å². The molecule has 0 aliphatic heterocycles. The molecule has 0 fully saturated rings. The van der Waals surface area contributed by atoms with E-state index in [-0.39, 0.29) is 0 Å². The van der Waals surface area contributed by atoms with E-state index in [0.29, 0.717) is 0 Å². The van der Waals surface area contributed by atoms with Crippen molar-refractivity contribution in [2.75, 3.05) is 26.4 Å². The third kappa shape index (κ3) is 8.71. The van der Waals surface area contributed by atoms with Crippen molar-refractivity contribution in [2.45, 2.75) is 36.6 Å². The monoisotopic (exact) mass is 304 g/mol. The molecule has 6 atom stereocenters. The summed E-state index contributed by atoms with van der Waals surface area (Å²) >= 11 is 0. The molecule has 20 heavy (non-hydrogen) atoms. The smallest absolute Gasteiger partial charge is 0.110 e. The van der Waals surface area contributed by atoms with E-state index in [1.54, 1.807) is 0 Å². The van der Waals surface area contributed by atoms with Crippen LogP contribution in [0, 0.1) is 0 Å². The quantitative estimate of drug-likeness (QED) is 0.206. The van der Waals surface area contributed by atoms with Gasteiger partial charge in [0.25, 0.3) is 0 Å². The zero-order chi connectivity index (χ0) is 16.3. The topological polar surface area (TPSA) is 202 Å². The van der Waals surface area contributed by atoms with Crippen molar-refractivity contribution in [3.63, 3.8) is 0 Å². The fraction of sp³-hybridized carbons (Fsp3) is 1.00. The van der Waals surface area contributed by atoms with Gasteiger partial charge in [0, 0.05) is 0 Å². The lowest BCUT2D eigenvalue weighted by atomic mass is 10.1. The predicted molar refractivity (Wildman–Crippen MR) is 64.4 cm³/mol. The molecule has 0 aromatic rings. The van der Waals surface area contributed by atoms with Gasteiger partial charge in [0.05, 0.1) is 26.4 Å². The summed E-state index contributed by atoms with van der Waals surface area (Å²) in [5.74, 6) is 0. The third-order valence-corrected chi connectivity index (χ3v) is 2.33. The first-order valence-corrected chi connectivity index (χ1v) is 5.78. The summed E-state index contributed by atoms with van der Waals surface area (Å²) in [6.07, 6.45) is -8.58. The summed E-state index contributed by atoms with van der Waals surface area (Å²) in [6.45, 7) is -2.56. The van der Waals surface area contributed by atoms with Crippen LogP contribution in [0.1, 0.15) is 0 Å². The maximum absolute atomic E-state index is 8.77. The van der Waals surface area contributed by atoms with Crippen LogP contribution in [-0.2, 0) is 0 Å². The Balaban J connectivity index is 0. The van der Waals surface area contributed by atoms with E-state index in [1.807, 2.05) is 0 Å². The van der Waals surface area contributed by atoms with Crippen molar-refractivity contribution in [3.8, 4) is 0 Å². The highest BCUT2D eigenvalue weighted by atomic mass is 16.4. The molecule has 124 valence electrons.